The Labute approximate surface area is 241 Å². The first-order valence-corrected chi connectivity index (χ1v) is 15.0. The monoisotopic (exact) mass is 608 g/mol. The summed E-state index contributed by atoms with van der Waals surface area (Å²) in [6.45, 7) is 8.30. The van der Waals surface area contributed by atoms with Crippen molar-refractivity contribution in [3.8, 4) is 5.75 Å². The van der Waals surface area contributed by atoms with Gasteiger partial charge in [-0.2, -0.15) is 5.09 Å². The van der Waals surface area contributed by atoms with Crippen LogP contribution < -0.4 is 15.3 Å². The molecule has 2 aromatic heterocycles. The highest BCUT2D eigenvalue weighted by Gasteiger charge is 2.56. The largest absolute Gasteiger partial charge is 0.462 e. The quantitative estimate of drug-likeness (QED) is 0.173. The van der Waals surface area contributed by atoms with Crippen LogP contribution in [0.1, 0.15) is 40.8 Å². The van der Waals surface area contributed by atoms with E-state index in [9.17, 15) is 9.36 Å². The van der Waals surface area contributed by atoms with Crippen LogP contribution in [-0.4, -0.2) is 68.3 Å². The molecule has 0 aliphatic carbocycles. The lowest BCUT2D eigenvalue weighted by Crippen LogP contribution is -2.38. The molecule has 14 nitrogen and oxygen atoms in total. The predicted molar refractivity (Wildman–Crippen MR) is 149 cm³/mol. The molecular weight excluding hydrogens is 575 g/mol. The van der Waals surface area contributed by atoms with E-state index in [1.807, 2.05) is 0 Å². The predicted octanol–water partition coefficient (Wildman–Crippen LogP) is 3.62. The number of nitrogens with zero attached hydrogens (tertiary/aromatic N) is 3. The lowest BCUT2D eigenvalue weighted by atomic mass is 10.1. The molecule has 16 heteroatoms. The number of benzene rings is 1. The molecule has 1 aromatic carbocycles. The molecular formula is C25H33N6O8PS. The van der Waals surface area contributed by atoms with Crippen molar-refractivity contribution >= 4 is 43.0 Å². The van der Waals surface area contributed by atoms with E-state index in [0.29, 0.717) is 11.2 Å². The van der Waals surface area contributed by atoms with Crippen LogP contribution in [0.5, 0.6) is 5.75 Å². The number of H-pyrrole nitrogens is 1. The number of imidazole rings is 1. The standard InChI is InChI=1S/C25H33N6O8PS/c1-13(2)35-23(32)14(3)30-40(33,39-15-9-7-6-8-10-15)34-11-16-18-19(38-25(4,5)37-18)22(36-16)31-12-27-17-20(31)28-24(26)29-21(17)41/h6-10,12-14,16,18-19,22H,11H2,1-5H3,(H,30,33)(H3,26,28,29,41)/t14-,16+,18?,19?,22?,40?/m0/s1. The number of anilines is 1. The van der Waals surface area contributed by atoms with Gasteiger partial charge in [-0.25, -0.2) is 14.5 Å². The van der Waals surface area contributed by atoms with Crippen molar-refractivity contribution in [2.45, 2.75) is 77.1 Å². The van der Waals surface area contributed by atoms with E-state index < -0.39 is 50.1 Å². The number of nitrogen functional groups attached to an aromatic ring is 1. The van der Waals surface area contributed by atoms with Gasteiger partial charge in [-0.3, -0.25) is 13.9 Å². The molecule has 41 heavy (non-hydrogen) atoms. The van der Waals surface area contributed by atoms with E-state index in [4.69, 9.17) is 45.9 Å². The number of para-hydroxylation sites is 1. The molecule has 0 amide bonds. The van der Waals surface area contributed by atoms with Gasteiger partial charge in [0.15, 0.2) is 22.6 Å². The summed E-state index contributed by atoms with van der Waals surface area (Å²) in [5.74, 6) is -1.14. The minimum absolute atomic E-state index is 0.123. The minimum atomic E-state index is -4.14. The van der Waals surface area contributed by atoms with Crippen LogP contribution in [0.3, 0.4) is 0 Å². The number of nitrogens with two attached hydrogens (primary N) is 1. The lowest BCUT2D eigenvalue weighted by Gasteiger charge is -2.27. The van der Waals surface area contributed by atoms with Crippen molar-refractivity contribution < 1.29 is 37.4 Å². The van der Waals surface area contributed by atoms with E-state index in [1.54, 1.807) is 68.9 Å². The van der Waals surface area contributed by atoms with Gasteiger partial charge < -0.3 is 34.2 Å². The van der Waals surface area contributed by atoms with Crippen molar-refractivity contribution in [2.75, 3.05) is 12.3 Å². The summed E-state index contributed by atoms with van der Waals surface area (Å²) in [6, 6.07) is 7.48. The highest BCUT2D eigenvalue weighted by atomic mass is 32.1. The van der Waals surface area contributed by atoms with Crippen LogP contribution in [-0.2, 0) is 32.8 Å². The summed E-state index contributed by atoms with van der Waals surface area (Å²) in [6.07, 6.45) is -1.48. The van der Waals surface area contributed by atoms with E-state index in [2.05, 4.69) is 20.0 Å². The Morgan fingerprint density at radius 3 is 2.66 bits per heavy atom. The Kier molecular flexibility index (Phi) is 8.23. The number of rotatable bonds is 10. The smallest absolute Gasteiger partial charge is 0.459 e. The molecule has 0 saturated carbocycles. The first-order valence-electron chi connectivity index (χ1n) is 13.0. The lowest BCUT2D eigenvalue weighted by molar-refractivity contribution is -0.199. The number of aromatic amines is 1. The Morgan fingerprint density at radius 2 is 1.95 bits per heavy atom. The molecule has 0 radical (unpaired) electrons. The topological polar surface area (TPSA) is 174 Å². The SMILES string of the molecule is CC(C)OC(=O)[C@H](C)NP(=O)(OC[C@H]1OC(n2cnc3c(=S)nc(N)[nH]c32)C2OC(C)(C)OC21)Oc1ccccc1. The van der Waals surface area contributed by atoms with E-state index in [1.165, 1.54) is 6.92 Å². The molecule has 3 aromatic rings. The second-order valence-corrected chi connectivity index (χ2v) is 12.5. The van der Waals surface area contributed by atoms with Crippen molar-refractivity contribution in [3.05, 3.63) is 41.3 Å². The fourth-order valence-electron chi connectivity index (χ4n) is 4.67. The van der Waals surface area contributed by atoms with Gasteiger partial charge in [0.05, 0.1) is 19.0 Å². The molecule has 6 atom stereocenters. The average Bonchev–Trinajstić information content (AvgIpc) is 3.53. The second kappa shape index (κ2) is 11.4. The summed E-state index contributed by atoms with van der Waals surface area (Å²) >= 11 is 5.31. The number of carbonyl (C=O) groups is 1. The van der Waals surface area contributed by atoms with Crippen molar-refractivity contribution in [1.82, 2.24) is 24.6 Å². The molecule has 5 rings (SSSR count). The molecule has 4 heterocycles. The first kappa shape index (κ1) is 29.6. The summed E-state index contributed by atoms with van der Waals surface area (Å²) in [4.78, 5) is 23.9. The number of hydrogen-bond acceptors (Lipinski definition) is 12. The molecule has 2 aliphatic rings. The maximum atomic E-state index is 14.0. The zero-order valence-corrected chi connectivity index (χ0v) is 24.9. The summed E-state index contributed by atoms with van der Waals surface area (Å²) in [5, 5.41) is 2.68. The van der Waals surface area contributed by atoms with Gasteiger partial charge in [-0.15, -0.1) is 0 Å². The van der Waals surface area contributed by atoms with Crippen LogP contribution in [0.25, 0.3) is 11.2 Å². The minimum Gasteiger partial charge on any atom is -0.462 e. The van der Waals surface area contributed by atoms with E-state index in [-0.39, 0.29) is 29.0 Å². The highest BCUT2D eigenvalue weighted by molar-refractivity contribution is 7.71. The first-order chi connectivity index (χ1) is 19.3. The second-order valence-electron chi connectivity index (χ2n) is 10.4. The maximum Gasteiger partial charge on any atom is 0.459 e. The van der Waals surface area contributed by atoms with E-state index >= 15 is 0 Å². The zero-order chi connectivity index (χ0) is 29.5. The average molecular weight is 609 g/mol. The third-order valence-electron chi connectivity index (χ3n) is 6.30. The summed E-state index contributed by atoms with van der Waals surface area (Å²) < 4.78 is 51.5. The van der Waals surface area contributed by atoms with E-state index in [0.717, 1.165) is 0 Å². The number of aromatic nitrogens is 4. The molecule has 2 aliphatic heterocycles. The van der Waals surface area contributed by atoms with Gasteiger partial charge in [0, 0.05) is 0 Å². The Hall–Kier alpha value is -2.91. The fourth-order valence-corrected chi connectivity index (χ4v) is 6.42. The van der Waals surface area contributed by atoms with Gasteiger partial charge in [-0.1, -0.05) is 30.4 Å². The summed E-state index contributed by atoms with van der Waals surface area (Å²) in [7, 11) is -4.14. The molecule has 2 saturated heterocycles. The Bertz CT molecular complexity index is 1510. The van der Waals surface area contributed by atoms with Crippen LogP contribution in [0, 0.1) is 4.64 Å². The van der Waals surface area contributed by atoms with Crippen molar-refractivity contribution in [3.63, 3.8) is 0 Å². The van der Waals surface area contributed by atoms with Crippen molar-refractivity contribution in [1.29, 1.82) is 0 Å². The van der Waals surface area contributed by atoms with Crippen LogP contribution >= 0.6 is 20.0 Å². The number of esters is 1. The summed E-state index contributed by atoms with van der Waals surface area (Å²) in [5.41, 5.74) is 6.84. The van der Waals surface area contributed by atoms with Gasteiger partial charge in [-0.05, 0) is 46.8 Å². The van der Waals surface area contributed by atoms with Crippen LogP contribution in [0.4, 0.5) is 5.95 Å². The van der Waals surface area contributed by atoms with Gasteiger partial charge >= 0.3 is 13.7 Å². The third-order valence-corrected chi connectivity index (χ3v) is 8.23. The molecule has 4 unspecified atom stereocenters. The zero-order valence-electron chi connectivity index (χ0n) is 23.2. The molecule has 0 spiro atoms. The van der Waals surface area contributed by atoms with Gasteiger partial charge in [0.25, 0.3) is 0 Å². The highest BCUT2D eigenvalue weighted by Crippen LogP contribution is 2.48. The molecule has 4 N–H and O–H groups in total. The number of nitrogens with one attached hydrogen (secondary N) is 2. The van der Waals surface area contributed by atoms with Crippen LogP contribution in [0.2, 0.25) is 0 Å². The Morgan fingerprint density at radius 1 is 1.24 bits per heavy atom. The number of fused-ring (bicyclic) bond motifs is 2. The molecule has 222 valence electrons. The number of carbonyl (C=O) groups excluding carboxylic acids is 1. The maximum absolute atomic E-state index is 14.0. The van der Waals surface area contributed by atoms with Crippen molar-refractivity contribution in [2.24, 2.45) is 0 Å². The third kappa shape index (κ3) is 6.46. The Balaban J connectivity index is 1.39. The number of hydrogen-bond donors (Lipinski definition) is 3. The normalized spacial score (nSPS) is 25.6. The molecule has 2 fully saturated rings. The van der Waals surface area contributed by atoms with Gasteiger partial charge in [0.1, 0.15) is 41.3 Å². The van der Waals surface area contributed by atoms with Gasteiger partial charge in [0.2, 0.25) is 0 Å². The fraction of sp³-hybridized carbons (Fsp3) is 0.520. The number of ether oxygens (including phenoxy) is 4. The molecule has 0 bridgehead atoms. The van der Waals surface area contributed by atoms with Crippen LogP contribution in [0.15, 0.2) is 36.7 Å².